The van der Waals surface area contributed by atoms with E-state index >= 15 is 0 Å². The molecular weight excluding hydrogens is 308 g/mol. The zero-order valence-electron chi connectivity index (χ0n) is 11.4. The predicted octanol–water partition coefficient (Wildman–Crippen LogP) is 2.24. The van der Waals surface area contributed by atoms with Gasteiger partial charge in [0.25, 0.3) is 0 Å². The highest BCUT2D eigenvalue weighted by Gasteiger charge is 2.33. The molecule has 1 saturated heterocycles. The van der Waals surface area contributed by atoms with E-state index in [0.717, 1.165) is 21.3 Å². The largest absolute Gasteiger partial charge is 0.379 e. The third-order valence-corrected chi connectivity index (χ3v) is 3.99. The SMILES string of the molecule is CNC1COCC1C(=O)Nc1c(C)cc(Br)cc1C. The lowest BCUT2D eigenvalue weighted by atomic mass is 10.0. The fourth-order valence-electron chi connectivity index (χ4n) is 2.42. The number of amides is 1. The number of rotatable bonds is 3. The maximum absolute atomic E-state index is 12.3. The van der Waals surface area contributed by atoms with Crippen molar-refractivity contribution in [3.63, 3.8) is 0 Å². The summed E-state index contributed by atoms with van der Waals surface area (Å²) in [7, 11) is 1.86. The van der Waals surface area contributed by atoms with Gasteiger partial charge in [0.1, 0.15) is 0 Å². The Morgan fingerprint density at radius 1 is 1.32 bits per heavy atom. The minimum Gasteiger partial charge on any atom is -0.379 e. The van der Waals surface area contributed by atoms with Crippen LogP contribution >= 0.6 is 15.9 Å². The summed E-state index contributed by atoms with van der Waals surface area (Å²) in [5, 5.41) is 6.16. The molecule has 19 heavy (non-hydrogen) atoms. The average molecular weight is 327 g/mol. The van der Waals surface area contributed by atoms with E-state index in [4.69, 9.17) is 4.74 Å². The Hall–Kier alpha value is -0.910. The van der Waals surface area contributed by atoms with Gasteiger partial charge in [-0.25, -0.2) is 0 Å². The number of hydrogen-bond acceptors (Lipinski definition) is 3. The van der Waals surface area contributed by atoms with Crippen molar-refractivity contribution in [3.05, 3.63) is 27.7 Å². The third kappa shape index (κ3) is 3.16. The van der Waals surface area contributed by atoms with E-state index in [1.165, 1.54) is 0 Å². The molecular formula is C14H19BrN2O2. The molecule has 0 saturated carbocycles. The molecule has 0 bridgehead atoms. The third-order valence-electron chi connectivity index (χ3n) is 3.53. The number of ether oxygens (including phenoxy) is 1. The number of nitrogens with one attached hydrogen (secondary N) is 2. The smallest absolute Gasteiger partial charge is 0.231 e. The van der Waals surface area contributed by atoms with Gasteiger partial charge in [-0.2, -0.15) is 0 Å². The molecule has 5 heteroatoms. The van der Waals surface area contributed by atoms with Crippen LogP contribution in [0, 0.1) is 19.8 Å². The van der Waals surface area contributed by atoms with Crippen LogP contribution in [0.5, 0.6) is 0 Å². The van der Waals surface area contributed by atoms with Crippen molar-refractivity contribution in [3.8, 4) is 0 Å². The van der Waals surface area contributed by atoms with Gasteiger partial charge in [0.15, 0.2) is 0 Å². The molecule has 2 unspecified atom stereocenters. The fraction of sp³-hybridized carbons (Fsp3) is 0.500. The summed E-state index contributed by atoms with van der Waals surface area (Å²) in [5.41, 5.74) is 3.01. The van der Waals surface area contributed by atoms with Crippen molar-refractivity contribution < 1.29 is 9.53 Å². The molecule has 1 aliphatic heterocycles. The molecule has 2 rings (SSSR count). The van der Waals surface area contributed by atoms with Crippen LogP contribution in [0.25, 0.3) is 0 Å². The van der Waals surface area contributed by atoms with Gasteiger partial charge in [0.05, 0.1) is 19.1 Å². The first-order chi connectivity index (χ1) is 9.02. The highest BCUT2D eigenvalue weighted by Crippen LogP contribution is 2.26. The van der Waals surface area contributed by atoms with Gasteiger partial charge in [0, 0.05) is 16.2 Å². The molecule has 1 heterocycles. The van der Waals surface area contributed by atoms with Crippen molar-refractivity contribution in [2.24, 2.45) is 5.92 Å². The van der Waals surface area contributed by atoms with Crippen LogP contribution in [0.4, 0.5) is 5.69 Å². The lowest BCUT2D eigenvalue weighted by Gasteiger charge is -2.18. The molecule has 1 fully saturated rings. The minimum atomic E-state index is -0.132. The van der Waals surface area contributed by atoms with Gasteiger partial charge >= 0.3 is 0 Å². The Labute approximate surface area is 122 Å². The van der Waals surface area contributed by atoms with Gasteiger partial charge in [-0.3, -0.25) is 4.79 Å². The van der Waals surface area contributed by atoms with Crippen molar-refractivity contribution in [2.75, 3.05) is 25.6 Å². The van der Waals surface area contributed by atoms with E-state index in [9.17, 15) is 4.79 Å². The average Bonchev–Trinajstić information content (AvgIpc) is 2.81. The number of likely N-dealkylation sites (N-methyl/N-ethyl adjacent to an activating group) is 1. The topological polar surface area (TPSA) is 50.4 Å². The summed E-state index contributed by atoms with van der Waals surface area (Å²) in [4.78, 5) is 12.3. The molecule has 104 valence electrons. The summed E-state index contributed by atoms with van der Waals surface area (Å²) in [5.74, 6) is -0.113. The van der Waals surface area contributed by atoms with E-state index in [2.05, 4.69) is 26.6 Å². The summed E-state index contributed by atoms with van der Waals surface area (Å²) in [6.07, 6.45) is 0. The zero-order chi connectivity index (χ0) is 14.0. The first kappa shape index (κ1) is 14.5. The number of carbonyl (C=O) groups is 1. The van der Waals surface area contributed by atoms with Crippen LogP contribution in [0.2, 0.25) is 0 Å². The molecule has 2 N–H and O–H groups in total. The Morgan fingerprint density at radius 3 is 2.53 bits per heavy atom. The maximum Gasteiger partial charge on any atom is 0.231 e. The number of anilines is 1. The molecule has 0 aliphatic carbocycles. The Bertz CT molecular complexity index is 467. The number of aryl methyl sites for hydroxylation is 2. The summed E-state index contributed by atoms with van der Waals surface area (Å²) in [6, 6.07) is 4.10. The van der Waals surface area contributed by atoms with Gasteiger partial charge in [-0.15, -0.1) is 0 Å². The molecule has 4 nitrogen and oxygen atoms in total. The van der Waals surface area contributed by atoms with E-state index in [1.807, 2.05) is 33.0 Å². The van der Waals surface area contributed by atoms with Crippen LogP contribution in [0.1, 0.15) is 11.1 Å². The number of halogens is 1. The van der Waals surface area contributed by atoms with Crippen molar-refractivity contribution in [1.29, 1.82) is 0 Å². The highest BCUT2D eigenvalue weighted by atomic mass is 79.9. The molecule has 0 radical (unpaired) electrons. The molecule has 2 atom stereocenters. The van der Waals surface area contributed by atoms with E-state index in [-0.39, 0.29) is 17.9 Å². The van der Waals surface area contributed by atoms with Crippen molar-refractivity contribution in [1.82, 2.24) is 5.32 Å². The Morgan fingerprint density at radius 2 is 1.95 bits per heavy atom. The van der Waals surface area contributed by atoms with Crippen LogP contribution in [0.15, 0.2) is 16.6 Å². The van der Waals surface area contributed by atoms with Crippen LogP contribution < -0.4 is 10.6 Å². The molecule has 1 aromatic rings. The number of hydrogen-bond donors (Lipinski definition) is 2. The summed E-state index contributed by atoms with van der Waals surface area (Å²) < 4.78 is 6.39. The lowest BCUT2D eigenvalue weighted by Crippen LogP contribution is -2.39. The van der Waals surface area contributed by atoms with E-state index < -0.39 is 0 Å². The summed E-state index contributed by atoms with van der Waals surface area (Å²) in [6.45, 7) is 5.06. The van der Waals surface area contributed by atoms with Gasteiger partial charge < -0.3 is 15.4 Å². The standard InChI is InChI=1S/C14H19BrN2O2/c1-8-4-10(15)5-9(2)13(8)17-14(18)11-6-19-7-12(11)16-3/h4-5,11-12,16H,6-7H2,1-3H3,(H,17,18). The fourth-order valence-corrected chi connectivity index (χ4v) is 3.11. The van der Waals surface area contributed by atoms with Crippen molar-refractivity contribution >= 4 is 27.5 Å². The number of benzene rings is 1. The summed E-state index contributed by atoms with van der Waals surface area (Å²) >= 11 is 3.46. The second-order valence-corrected chi connectivity index (χ2v) is 5.86. The van der Waals surface area contributed by atoms with Crippen molar-refractivity contribution in [2.45, 2.75) is 19.9 Å². The minimum absolute atomic E-state index is 0.0189. The molecule has 1 aromatic carbocycles. The first-order valence-corrected chi connectivity index (χ1v) is 7.15. The van der Waals surface area contributed by atoms with E-state index in [0.29, 0.717) is 13.2 Å². The lowest BCUT2D eigenvalue weighted by molar-refractivity contribution is -0.120. The van der Waals surface area contributed by atoms with Gasteiger partial charge in [-0.05, 0) is 44.2 Å². The van der Waals surface area contributed by atoms with Crippen LogP contribution in [0.3, 0.4) is 0 Å². The first-order valence-electron chi connectivity index (χ1n) is 6.35. The van der Waals surface area contributed by atoms with Crippen LogP contribution in [-0.2, 0) is 9.53 Å². The number of carbonyl (C=O) groups excluding carboxylic acids is 1. The molecule has 1 aliphatic rings. The second-order valence-electron chi connectivity index (χ2n) is 4.94. The maximum atomic E-state index is 12.3. The quantitative estimate of drug-likeness (QED) is 0.895. The van der Waals surface area contributed by atoms with Gasteiger partial charge in [0.2, 0.25) is 5.91 Å². The monoisotopic (exact) mass is 326 g/mol. The second kappa shape index (κ2) is 6.03. The zero-order valence-corrected chi connectivity index (χ0v) is 13.0. The van der Waals surface area contributed by atoms with Crippen LogP contribution in [-0.4, -0.2) is 32.2 Å². The molecule has 0 spiro atoms. The molecule has 0 aromatic heterocycles. The Balaban J connectivity index is 2.15. The van der Waals surface area contributed by atoms with E-state index in [1.54, 1.807) is 0 Å². The predicted molar refractivity (Wildman–Crippen MR) is 79.4 cm³/mol. The molecule has 1 amide bonds. The highest BCUT2D eigenvalue weighted by molar-refractivity contribution is 9.10. The van der Waals surface area contributed by atoms with Gasteiger partial charge in [-0.1, -0.05) is 15.9 Å². The Kier molecular flexibility index (Phi) is 4.60. The normalized spacial score (nSPS) is 22.5.